The predicted molar refractivity (Wildman–Crippen MR) is 115 cm³/mol. The molecule has 1 N–H and O–H groups in total. The van der Waals surface area contributed by atoms with Gasteiger partial charge in [-0.3, -0.25) is 4.79 Å². The Morgan fingerprint density at radius 3 is 2.69 bits per heavy atom. The summed E-state index contributed by atoms with van der Waals surface area (Å²) in [4.78, 5) is 19.3. The first-order valence-corrected chi connectivity index (χ1v) is 10.2. The summed E-state index contributed by atoms with van der Waals surface area (Å²) in [7, 11) is 0. The summed E-state index contributed by atoms with van der Waals surface area (Å²) in [6, 6.07) is 13.7. The lowest BCUT2D eigenvalue weighted by Gasteiger charge is -2.30. The number of nitrogens with zero attached hydrogens (tertiary/aromatic N) is 2. The van der Waals surface area contributed by atoms with Crippen molar-refractivity contribution in [1.29, 1.82) is 0 Å². The topological polar surface area (TPSA) is 67.6 Å². The van der Waals surface area contributed by atoms with Crippen LogP contribution in [0.3, 0.4) is 0 Å². The summed E-state index contributed by atoms with van der Waals surface area (Å²) in [6.45, 7) is 5.35. The van der Waals surface area contributed by atoms with Crippen molar-refractivity contribution >= 4 is 40.3 Å². The zero-order valence-electron chi connectivity index (χ0n) is 16.5. The van der Waals surface area contributed by atoms with Gasteiger partial charge in [-0.05, 0) is 57.0 Å². The summed E-state index contributed by atoms with van der Waals surface area (Å²) in [6.07, 6.45) is 1.53. The van der Waals surface area contributed by atoms with E-state index >= 15 is 0 Å². The number of para-hydroxylation sites is 2. The van der Waals surface area contributed by atoms with Crippen molar-refractivity contribution in [2.24, 2.45) is 5.92 Å². The molecule has 2 heterocycles. The summed E-state index contributed by atoms with van der Waals surface area (Å²) in [5, 5.41) is 3.46. The molecule has 6 nitrogen and oxygen atoms in total. The molecule has 152 valence electrons. The maximum atomic E-state index is 12.7. The van der Waals surface area contributed by atoms with Crippen molar-refractivity contribution in [2.45, 2.75) is 32.8 Å². The molecule has 4 rings (SSSR count). The summed E-state index contributed by atoms with van der Waals surface area (Å²) >= 11 is 6.26. The number of aromatic nitrogens is 1. The number of carbonyl (C=O) groups excluding carboxylic acids is 1. The molecule has 0 radical (unpaired) electrons. The molecule has 0 atom stereocenters. The first-order chi connectivity index (χ1) is 14.0. The second-order valence-corrected chi connectivity index (χ2v) is 7.93. The van der Waals surface area contributed by atoms with Gasteiger partial charge < -0.3 is 19.4 Å². The second kappa shape index (κ2) is 8.33. The van der Waals surface area contributed by atoms with Crippen LogP contribution in [0.1, 0.15) is 26.7 Å². The van der Waals surface area contributed by atoms with Crippen molar-refractivity contribution in [3.05, 3.63) is 47.5 Å². The maximum Gasteiger partial charge on any atom is 0.298 e. The van der Waals surface area contributed by atoms with Gasteiger partial charge in [0.1, 0.15) is 11.3 Å². The molecule has 0 saturated carbocycles. The average molecular weight is 414 g/mol. The molecule has 3 aromatic rings. The zero-order chi connectivity index (χ0) is 20.4. The van der Waals surface area contributed by atoms with Crippen LogP contribution in [0.15, 0.2) is 46.9 Å². The molecule has 7 heteroatoms. The Morgan fingerprint density at radius 2 is 2.00 bits per heavy atom. The minimum Gasteiger partial charge on any atom is -0.489 e. The summed E-state index contributed by atoms with van der Waals surface area (Å²) in [5.74, 6) is 0.572. The molecule has 1 aliphatic heterocycles. The average Bonchev–Trinajstić information content (AvgIpc) is 3.14. The maximum absolute atomic E-state index is 12.7. The van der Waals surface area contributed by atoms with E-state index in [0.717, 1.165) is 37.0 Å². The van der Waals surface area contributed by atoms with Crippen molar-refractivity contribution in [3.63, 3.8) is 0 Å². The van der Waals surface area contributed by atoms with Crippen molar-refractivity contribution in [2.75, 3.05) is 23.3 Å². The van der Waals surface area contributed by atoms with E-state index < -0.39 is 0 Å². The molecule has 29 heavy (non-hydrogen) atoms. The lowest BCUT2D eigenvalue weighted by atomic mass is 9.96. The molecule has 1 aliphatic rings. The lowest BCUT2D eigenvalue weighted by Crippen LogP contribution is -2.38. The largest absolute Gasteiger partial charge is 0.489 e. The normalized spacial score (nSPS) is 15.1. The number of halogens is 1. The van der Waals surface area contributed by atoms with Gasteiger partial charge in [0, 0.05) is 24.7 Å². The van der Waals surface area contributed by atoms with Gasteiger partial charge in [-0.25, -0.2) is 0 Å². The van der Waals surface area contributed by atoms with Crippen LogP contribution in [-0.4, -0.2) is 30.1 Å². The Balaban J connectivity index is 1.34. The van der Waals surface area contributed by atoms with E-state index in [2.05, 4.69) is 15.2 Å². The van der Waals surface area contributed by atoms with E-state index in [0.29, 0.717) is 22.5 Å². The minimum absolute atomic E-state index is 0.0100. The zero-order valence-corrected chi connectivity index (χ0v) is 17.3. The van der Waals surface area contributed by atoms with Crippen LogP contribution in [0.4, 0.5) is 11.7 Å². The van der Waals surface area contributed by atoms with Crippen LogP contribution in [-0.2, 0) is 4.79 Å². The van der Waals surface area contributed by atoms with Gasteiger partial charge in [-0.2, -0.15) is 4.98 Å². The number of rotatable bonds is 5. The Labute approximate surface area is 174 Å². The Hall–Kier alpha value is -2.73. The van der Waals surface area contributed by atoms with Crippen LogP contribution in [0.2, 0.25) is 5.02 Å². The molecule has 0 aliphatic carbocycles. The SMILES string of the molecule is CC(C)Oc1ccc(NC(=O)C2CCN(c3nc4ccccc4o3)CC2)cc1Cl. The minimum atomic E-state index is -0.0546. The molecule has 0 unspecified atom stereocenters. The van der Waals surface area contributed by atoms with Crippen molar-refractivity contribution in [3.8, 4) is 5.75 Å². The quantitative estimate of drug-likeness (QED) is 0.628. The van der Waals surface area contributed by atoms with Crippen molar-refractivity contribution in [1.82, 2.24) is 4.98 Å². The molecule has 0 spiro atoms. The fourth-order valence-electron chi connectivity index (χ4n) is 3.50. The Bertz CT molecular complexity index is 976. The summed E-state index contributed by atoms with van der Waals surface area (Å²) in [5.41, 5.74) is 2.31. The van der Waals surface area contributed by atoms with Gasteiger partial charge >= 0.3 is 0 Å². The number of fused-ring (bicyclic) bond motifs is 1. The highest BCUT2D eigenvalue weighted by molar-refractivity contribution is 6.32. The first-order valence-electron chi connectivity index (χ1n) is 9.87. The molecule has 1 aromatic heterocycles. The second-order valence-electron chi connectivity index (χ2n) is 7.53. The molecule has 1 fully saturated rings. The van der Waals surface area contributed by atoms with Gasteiger partial charge in [0.2, 0.25) is 5.91 Å². The third-order valence-electron chi connectivity index (χ3n) is 4.98. The number of hydrogen-bond donors (Lipinski definition) is 1. The van der Waals surface area contributed by atoms with Crippen LogP contribution in [0.25, 0.3) is 11.1 Å². The number of nitrogens with one attached hydrogen (secondary N) is 1. The number of amides is 1. The van der Waals surface area contributed by atoms with Crippen LogP contribution in [0, 0.1) is 5.92 Å². The highest BCUT2D eigenvalue weighted by Crippen LogP contribution is 2.30. The number of piperidine rings is 1. The Morgan fingerprint density at radius 1 is 1.24 bits per heavy atom. The van der Waals surface area contributed by atoms with Crippen molar-refractivity contribution < 1.29 is 13.9 Å². The summed E-state index contributed by atoms with van der Waals surface area (Å²) < 4.78 is 11.5. The van der Waals surface area contributed by atoms with Crippen LogP contribution >= 0.6 is 11.6 Å². The third kappa shape index (κ3) is 4.48. The fraction of sp³-hybridized carbons (Fsp3) is 0.364. The van der Waals surface area contributed by atoms with Gasteiger partial charge in [0.25, 0.3) is 6.01 Å². The van der Waals surface area contributed by atoms with E-state index in [4.69, 9.17) is 20.8 Å². The smallest absolute Gasteiger partial charge is 0.298 e. The van der Waals surface area contributed by atoms with Gasteiger partial charge in [-0.1, -0.05) is 23.7 Å². The number of hydrogen-bond acceptors (Lipinski definition) is 5. The molecular formula is C22H24ClN3O3. The van der Waals surface area contributed by atoms with E-state index in [1.54, 1.807) is 12.1 Å². The molecular weight excluding hydrogens is 390 g/mol. The first kappa shape index (κ1) is 19.6. The Kier molecular flexibility index (Phi) is 5.62. The lowest BCUT2D eigenvalue weighted by molar-refractivity contribution is -0.120. The standard InChI is InChI=1S/C22H24ClN3O3/c1-14(2)28-19-8-7-16(13-17(19)23)24-21(27)15-9-11-26(12-10-15)22-25-18-5-3-4-6-20(18)29-22/h3-8,13-15H,9-12H2,1-2H3,(H,24,27). The molecule has 1 amide bonds. The van der Waals surface area contributed by atoms with E-state index in [-0.39, 0.29) is 17.9 Å². The highest BCUT2D eigenvalue weighted by atomic mass is 35.5. The number of ether oxygens (including phenoxy) is 1. The number of carbonyl (C=O) groups is 1. The molecule has 1 saturated heterocycles. The molecule has 2 aromatic carbocycles. The van der Waals surface area contributed by atoms with Gasteiger partial charge in [0.05, 0.1) is 11.1 Å². The van der Waals surface area contributed by atoms with E-state index in [1.807, 2.05) is 44.2 Å². The monoisotopic (exact) mass is 413 g/mol. The van der Waals surface area contributed by atoms with Crippen LogP contribution in [0.5, 0.6) is 5.75 Å². The van der Waals surface area contributed by atoms with E-state index in [9.17, 15) is 4.79 Å². The van der Waals surface area contributed by atoms with E-state index in [1.165, 1.54) is 0 Å². The third-order valence-corrected chi connectivity index (χ3v) is 5.28. The number of oxazole rings is 1. The van der Waals surface area contributed by atoms with Gasteiger partial charge in [0.15, 0.2) is 5.58 Å². The van der Waals surface area contributed by atoms with Crippen LogP contribution < -0.4 is 15.0 Å². The van der Waals surface area contributed by atoms with Gasteiger partial charge in [-0.15, -0.1) is 0 Å². The highest BCUT2D eigenvalue weighted by Gasteiger charge is 2.27. The predicted octanol–water partition coefficient (Wildman–Crippen LogP) is 5.12. The number of benzene rings is 2. The molecule has 0 bridgehead atoms. The number of anilines is 2. The fourth-order valence-corrected chi connectivity index (χ4v) is 3.73.